The Hall–Kier alpha value is -3.68. The monoisotopic (exact) mass is 476 g/mol. The Balaban J connectivity index is 1.62. The third-order valence-corrected chi connectivity index (χ3v) is 6.80. The van der Waals surface area contributed by atoms with Gasteiger partial charge in [0.1, 0.15) is 5.54 Å². The number of hydrogen-bond donors (Lipinski definition) is 2. The molecule has 2 fully saturated rings. The lowest BCUT2D eigenvalue weighted by Gasteiger charge is -2.47. The molecule has 0 radical (unpaired) electrons. The molecule has 0 bridgehead atoms. The molecule has 2 aromatic carbocycles. The molecule has 2 aromatic rings. The van der Waals surface area contributed by atoms with Crippen molar-refractivity contribution in [3.63, 3.8) is 0 Å². The second-order valence-corrected chi connectivity index (χ2v) is 9.37. The molecule has 8 nitrogen and oxygen atoms in total. The molecule has 0 spiro atoms. The van der Waals surface area contributed by atoms with Crippen molar-refractivity contribution in [3.8, 4) is 0 Å². The number of carbonyl (C=O) groups is 4. The Kier molecular flexibility index (Phi) is 7.19. The normalized spacial score (nSPS) is 16.8. The lowest BCUT2D eigenvalue weighted by Crippen LogP contribution is -2.65. The van der Waals surface area contributed by atoms with Gasteiger partial charge < -0.3 is 20.4 Å². The van der Waals surface area contributed by atoms with Gasteiger partial charge in [0.15, 0.2) is 0 Å². The van der Waals surface area contributed by atoms with Gasteiger partial charge in [-0.05, 0) is 55.5 Å². The van der Waals surface area contributed by atoms with Crippen molar-refractivity contribution in [3.05, 3.63) is 65.7 Å². The number of benzene rings is 2. The molecule has 2 aliphatic rings. The van der Waals surface area contributed by atoms with Gasteiger partial charge in [-0.25, -0.2) is 0 Å². The van der Waals surface area contributed by atoms with Gasteiger partial charge >= 0.3 is 0 Å². The number of piperidine rings is 1. The molecule has 8 heteroatoms. The lowest BCUT2D eigenvalue weighted by atomic mass is 9.83. The van der Waals surface area contributed by atoms with Crippen LogP contribution in [0.5, 0.6) is 0 Å². The van der Waals surface area contributed by atoms with Gasteiger partial charge in [0.25, 0.3) is 5.91 Å². The van der Waals surface area contributed by atoms with Crippen molar-refractivity contribution < 1.29 is 19.2 Å². The van der Waals surface area contributed by atoms with Gasteiger partial charge in [0, 0.05) is 50.8 Å². The summed E-state index contributed by atoms with van der Waals surface area (Å²) in [5, 5.41) is 5.78. The zero-order valence-corrected chi connectivity index (χ0v) is 20.3. The fraction of sp³-hybridized carbons (Fsp3) is 0.407. The minimum absolute atomic E-state index is 0.0103. The van der Waals surface area contributed by atoms with Crippen LogP contribution in [0.15, 0.2) is 54.6 Å². The zero-order valence-electron chi connectivity index (χ0n) is 20.3. The molecule has 4 rings (SSSR count). The molecule has 4 amide bonds. The van der Waals surface area contributed by atoms with Gasteiger partial charge in [-0.2, -0.15) is 0 Å². The predicted octanol–water partition coefficient (Wildman–Crippen LogP) is 2.95. The summed E-state index contributed by atoms with van der Waals surface area (Å²) in [5.41, 5.74) is 1.03. The summed E-state index contributed by atoms with van der Waals surface area (Å²) in [5.74, 6) is -0.594. The van der Waals surface area contributed by atoms with E-state index in [0.29, 0.717) is 43.7 Å². The van der Waals surface area contributed by atoms with Crippen LogP contribution in [-0.4, -0.2) is 58.1 Å². The average Bonchev–Trinajstić information content (AvgIpc) is 3.68. The van der Waals surface area contributed by atoms with E-state index in [1.165, 1.54) is 13.8 Å². The Morgan fingerprint density at radius 3 is 2.11 bits per heavy atom. The molecule has 1 aliphatic heterocycles. The largest absolute Gasteiger partial charge is 0.350 e. The van der Waals surface area contributed by atoms with E-state index in [1.807, 2.05) is 30.3 Å². The van der Waals surface area contributed by atoms with Gasteiger partial charge in [-0.15, -0.1) is 0 Å². The first-order chi connectivity index (χ1) is 16.8. The third kappa shape index (κ3) is 5.53. The fourth-order valence-electron chi connectivity index (χ4n) is 4.79. The van der Waals surface area contributed by atoms with Gasteiger partial charge in [0.05, 0.1) is 0 Å². The summed E-state index contributed by atoms with van der Waals surface area (Å²) < 4.78 is 0. The SMILES string of the molecule is CC(=O)Nc1ccc(C(=O)N(C2CC2)C2(C(=O)NCc3ccccc3)CCN(C(C)=O)CC2)cc1. The topological polar surface area (TPSA) is 98.8 Å². The number of amides is 4. The van der Waals surface area contributed by atoms with Gasteiger partial charge in [-0.1, -0.05) is 30.3 Å². The molecule has 0 aromatic heterocycles. The second-order valence-electron chi connectivity index (χ2n) is 9.37. The highest BCUT2D eigenvalue weighted by Crippen LogP contribution is 2.40. The van der Waals surface area contributed by atoms with E-state index in [0.717, 1.165) is 18.4 Å². The predicted molar refractivity (Wildman–Crippen MR) is 132 cm³/mol. The van der Waals surface area contributed by atoms with Crippen molar-refractivity contribution in [1.82, 2.24) is 15.1 Å². The summed E-state index contributed by atoms with van der Waals surface area (Å²) in [4.78, 5) is 54.5. The standard InChI is InChI=1S/C27H32N4O4/c1-19(32)29-23-10-8-22(9-11-23)25(34)31(24-12-13-24)27(14-16-30(17-15-27)20(2)33)26(35)28-18-21-6-4-3-5-7-21/h3-11,24H,12-18H2,1-2H3,(H,28,35)(H,29,32). The highest BCUT2D eigenvalue weighted by Gasteiger charge is 2.53. The van der Waals surface area contributed by atoms with Gasteiger partial charge in [-0.3, -0.25) is 19.2 Å². The van der Waals surface area contributed by atoms with E-state index in [4.69, 9.17) is 0 Å². The van der Waals surface area contributed by atoms with E-state index < -0.39 is 5.54 Å². The van der Waals surface area contributed by atoms with Gasteiger partial charge in [0.2, 0.25) is 17.7 Å². The summed E-state index contributed by atoms with van der Waals surface area (Å²) in [6.45, 7) is 4.18. The fourth-order valence-corrected chi connectivity index (χ4v) is 4.79. The number of nitrogens with zero attached hydrogens (tertiary/aromatic N) is 2. The van der Waals surface area contributed by atoms with Crippen LogP contribution in [0.2, 0.25) is 0 Å². The highest BCUT2D eigenvalue weighted by atomic mass is 16.2. The molecule has 1 aliphatic carbocycles. The van der Waals surface area contributed by atoms with Crippen LogP contribution < -0.4 is 10.6 Å². The minimum atomic E-state index is -1.03. The quantitative estimate of drug-likeness (QED) is 0.642. The summed E-state index contributed by atoms with van der Waals surface area (Å²) in [6, 6.07) is 16.4. The number of hydrogen-bond acceptors (Lipinski definition) is 4. The molecule has 35 heavy (non-hydrogen) atoms. The van der Waals surface area contributed by atoms with E-state index in [1.54, 1.807) is 34.1 Å². The van der Waals surface area contributed by atoms with E-state index in [9.17, 15) is 19.2 Å². The first kappa shape index (κ1) is 24.4. The Morgan fingerprint density at radius 1 is 0.943 bits per heavy atom. The molecule has 1 heterocycles. The molecule has 2 N–H and O–H groups in total. The van der Waals surface area contributed by atoms with Crippen LogP contribution in [0.25, 0.3) is 0 Å². The number of carbonyl (C=O) groups excluding carboxylic acids is 4. The number of rotatable bonds is 7. The van der Waals surface area contributed by atoms with E-state index in [2.05, 4.69) is 10.6 Å². The van der Waals surface area contributed by atoms with Crippen molar-refractivity contribution >= 4 is 29.3 Å². The summed E-state index contributed by atoms with van der Waals surface area (Å²) in [7, 11) is 0. The maximum Gasteiger partial charge on any atom is 0.255 e. The van der Waals surface area contributed by atoms with Crippen LogP contribution in [-0.2, 0) is 20.9 Å². The molecule has 0 atom stereocenters. The number of nitrogens with one attached hydrogen (secondary N) is 2. The molecule has 184 valence electrons. The van der Waals surface area contributed by atoms with Crippen LogP contribution >= 0.6 is 0 Å². The molecule has 1 saturated carbocycles. The summed E-state index contributed by atoms with van der Waals surface area (Å²) >= 11 is 0. The molecular weight excluding hydrogens is 444 g/mol. The van der Waals surface area contributed by atoms with Crippen LogP contribution in [0, 0.1) is 0 Å². The molecule has 1 saturated heterocycles. The van der Waals surface area contributed by atoms with Crippen molar-refractivity contribution in [2.75, 3.05) is 18.4 Å². The highest BCUT2D eigenvalue weighted by molar-refractivity contribution is 6.00. The Labute approximate surface area is 205 Å². The van der Waals surface area contributed by atoms with Crippen molar-refractivity contribution in [2.45, 2.75) is 57.7 Å². The number of anilines is 1. The van der Waals surface area contributed by atoms with E-state index >= 15 is 0 Å². The Morgan fingerprint density at radius 2 is 1.57 bits per heavy atom. The average molecular weight is 477 g/mol. The molecular formula is C27H32N4O4. The minimum Gasteiger partial charge on any atom is -0.350 e. The molecule has 0 unspecified atom stereocenters. The van der Waals surface area contributed by atoms with E-state index in [-0.39, 0.29) is 29.7 Å². The third-order valence-electron chi connectivity index (χ3n) is 6.80. The number of likely N-dealkylation sites (tertiary alicyclic amines) is 1. The second kappa shape index (κ2) is 10.3. The maximum atomic E-state index is 13.8. The van der Waals surface area contributed by atoms with Crippen LogP contribution in [0.4, 0.5) is 5.69 Å². The smallest absolute Gasteiger partial charge is 0.255 e. The Bertz CT molecular complexity index is 1090. The first-order valence-electron chi connectivity index (χ1n) is 12.1. The zero-order chi connectivity index (χ0) is 25.0. The lowest BCUT2D eigenvalue weighted by molar-refractivity contribution is -0.141. The van der Waals surface area contributed by atoms with Crippen molar-refractivity contribution in [2.24, 2.45) is 0 Å². The first-order valence-corrected chi connectivity index (χ1v) is 12.1. The summed E-state index contributed by atoms with van der Waals surface area (Å²) in [6.07, 6.45) is 2.47. The van der Waals surface area contributed by atoms with Crippen LogP contribution in [0.3, 0.4) is 0 Å². The maximum absolute atomic E-state index is 13.8. The van der Waals surface area contributed by atoms with Crippen molar-refractivity contribution in [1.29, 1.82) is 0 Å². The van der Waals surface area contributed by atoms with Crippen LogP contribution in [0.1, 0.15) is 55.5 Å².